The number of aromatic nitrogens is 1. The highest BCUT2D eigenvalue weighted by Crippen LogP contribution is 2.34. The van der Waals surface area contributed by atoms with Crippen molar-refractivity contribution in [2.24, 2.45) is 0 Å². The second-order valence-electron chi connectivity index (χ2n) is 7.95. The maximum atomic E-state index is 12.7. The molecule has 3 N–H and O–H groups in total. The van der Waals surface area contributed by atoms with Gasteiger partial charge in [-0.3, -0.25) is 4.79 Å². The summed E-state index contributed by atoms with van der Waals surface area (Å²) < 4.78 is 23.6. The van der Waals surface area contributed by atoms with Gasteiger partial charge in [0.05, 0.1) is 16.9 Å². The monoisotopic (exact) mass is 523 g/mol. The van der Waals surface area contributed by atoms with Crippen LogP contribution in [-0.2, 0) is 22.5 Å². The molecule has 0 aliphatic rings. The van der Waals surface area contributed by atoms with E-state index in [-0.39, 0.29) is 19.1 Å². The molecular formula is C26H25N3O5S2. The van der Waals surface area contributed by atoms with E-state index in [1.807, 2.05) is 12.3 Å². The zero-order valence-electron chi connectivity index (χ0n) is 20.0. The molecule has 4 rings (SSSR count). The number of nitrogen functional groups attached to an aromatic ring is 1. The average molecular weight is 524 g/mol. The number of hydrogen-bond donors (Lipinski definition) is 2. The summed E-state index contributed by atoms with van der Waals surface area (Å²) in [6.07, 6.45) is 3.02. The van der Waals surface area contributed by atoms with E-state index in [4.69, 9.17) is 15.2 Å². The normalized spacial score (nSPS) is 11.8. The summed E-state index contributed by atoms with van der Waals surface area (Å²) in [6, 6.07) is 12.1. The third-order valence-corrected chi connectivity index (χ3v) is 7.42. The molecular weight excluding hydrogens is 498 g/mol. The first-order chi connectivity index (χ1) is 17.3. The second-order valence-corrected chi connectivity index (χ2v) is 10.2. The van der Waals surface area contributed by atoms with Gasteiger partial charge in [-0.25, -0.2) is 9.78 Å². The Balaban J connectivity index is 1.49. The molecule has 10 heteroatoms. The quantitative estimate of drug-likeness (QED) is 0.248. The Morgan fingerprint density at radius 3 is 2.75 bits per heavy atom. The molecule has 4 aromatic rings. The van der Waals surface area contributed by atoms with Gasteiger partial charge in [0.15, 0.2) is 4.90 Å². The summed E-state index contributed by atoms with van der Waals surface area (Å²) in [5, 5.41) is 5.40. The summed E-state index contributed by atoms with van der Waals surface area (Å²) >= 11 is 0.248. The number of pyridine rings is 1. The van der Waals surface area contributed by atoms with E-state index in [0.717, 1.165) is 11.1 Å². The van der Waals surface area contributed by atoms with Gasteiger partial charge in [0.25, 0.3) is 5.91 Å². The van der Waals surface area contributed by atoms with Crippen molar-refractivity contribution in [1.82, 2.24) is 4.98 Å². The minimum atomic E-state index is -1.14. The molecule has 2 aromatic heterocycles. The fraction of sp³-hybridized carbons (Fsp3) is 0.192. The molecule has 0 radical (unpaired) electrons. The number of benzene rings is 2. The molecule has 0 aliphatic carbocycles. The molecule has 0 saturated heterocycles. The predicted octanol–water partition coefficient (Wildman–Crippen LogP) is 4.93. The molecule has 36 heavy (non-hydrogen) atoms. The lowest BCUT2D eigenvalue weighted by Crippen LogP contribution is -2.12. The fourth-order valence-electron chi connectivity index (χ4n) is 3.65. The standard InChI is InChI=1S/C26H25N3O5S2/c1-4-33-26(31)20-12-28-24(27)22-17(14-35-23(20)22)13-34-21-9-8-16(10-15(21)2)25(30)29-18-6-5-7-19(11-18)36(3)32/h5-12,14H,4,13H2,1-3H3,(H2,27,28)(H,29,30). The number of nitrogens with zero attached hydrogens (tertiary/aromatic N) is 1. The van der Waals surface area contributed by atoms with Crippen molar-refractivity contribution < 1.29 is 23.6 Å². The van der Waals surface area contributed by atoms with Gasteiger partial charge in [-0.15, -0.1) is 11.3 Å². The van der Waals surface area contributed by atoms with E-state index >= 15 is 0 Å². The van der Waals surface area contributed by atoms with Crippen molar-refractivity contribution in [3.05, 3.63) is 76.3 Å². The van der Waals surface area contributed by atoms with Gasteiger partial charge in [0.2, 0.25) is 0 Å². The Bertz CT molecular complexity index is 1430. The molecule has 0 aliphatic heterocycles. The number of carbonyl (C=O) groups is 2. The number of amides is 1. The fourth-order valence-corrected chi connectivity index (χ4v) is 5.28. The van der Waals surface area contributed by atoms with Crippen molar-refractivity contribution in [3.63, 3.8) is 0 Å². The van der Waals surface area contributed by atoms with Gasteiger partial charge in [-0.1, -0.05) is 6.07 Å². The van der Waals surface area contributed by atoms with Crippen LogP contribution < -0.4 is 15.8 Å². The number of nitrogens with two attached hydrogens (primary N) is 1. The van der Waals surface area contributed by atoms with Gasteiger partial charge in [0.1, 0.15) is 24.4 Å². The van der Waals surface area contributed by atoms with E-state index in [1.165, 1.54) is 17.5 Å². The highest BCUT2D eigenvalue weighted by molar-refractivity contribution is 7.90. The Hall–Kier alpha value is -3.60. The predicted molar refractivity (Wildman–Crippen MR) is 142 cm³/mol. The molecule has 2 heterocycles. The van der Waals surface area contributed by atoms with Crippen LogP contribution in [0.25, 0.3) is 10.1 Å². The van der Waals surface area contributed by atoms with Crippen LogP contribution >= 0.6 is 11.3 Å². The molecule has 0 fully saturated rings. The summed E-state index contributed by atoms with van der Waals surface area (Å²) in [4.78, 5) is 29.8. The minimum absolute atomic E-state index is 0.214. The lowest BCUT2D eigenvalue weighted by molar-refractivity contribution is 0.0528. The number of ether oxygens (including phenoxy) is 2. The first kappa shape index (κ1) is 25.5. The summed E-state index contributed by atoms with van der Waals surface area (Å²) in [7, 11) is 0. The summed E-state index contributed by atoms with van der Waals surface area (Å²) in [5.74, 6) is 0.210. The number of thiophene rings is 1. The molecule has 2 aromatic carbocycles. The zero-order valence-corrected chi connectivity index (χ0v) is 21.6. The molecule has 1 amide bonds. The third-order valence-electron chi connectivity index (χ3n) is 5.44. The van der Waals surface area contributed by atoms with Crippen LogP contribution in [0.1, 0.15) is 38.8 Å². The molecule has 8 nitrogen and oxygen atoms in total. The Labute approximate surface area is 215 Å². The number of rotatable bonds is 8. The molecule has 1 unspecified atom stereocenters. The summed E-state index contributed by atoms with van der Waals surface area (Å²) in [5.41, 5.74) is 9.12. The molecule has 1 atom stereocenters. The largest absolute Gasteiger partial charge is 0.612 e. The van der Waals surface area contributed by atoms with Crippen molar-refractivity contribution in [1.29, 1.82) is 0 Å². The number of anilines is 2. The number of nitrogens with one attached hydrogen (secondary N) is 1. The van der Waals surface area contributed by atoms with Crippen molar-refractivity contribution in [2.75, 3.05) is 23.9 Å². The maximum absolute atomic E-state index is 12.7. The van der Waals surface area contributed by atoms with E-state index in [9.17, 15) is 14.1 Å². The number of esters is 1. The lowest BCUT2D eigenvalue weighted by Gasteiger charge is -2.12. The van der Waals surface area contributed by atoms with Crippen LogP contribution in [0.4, 0.5) is 11.5 Å². The molecule has 0 saturated carbocycles. The van der Waals surface area contributed by atoms with E-state index in [2.05, 4.69) is 10.3 Å². The van der Waals surface area contributed by atoms with Crippen LogP contribution in [0.5, 0.6) is 5.75 Å². The van der Waals surface area contributed by atoms with Crippen LogP contribution in [0.15, 0.2) is 58.9 Å². The smallest absolute Gasteiger partial charge is 0.341 e. The topological polar surface area (TPSA) is 127 Å². The Morgan fingerprint density at radius 2 is 2.03 bits per heavy atom. The highest BCUT2D eigenvalue weighted by Gasteiger charge is 2.19. The van der Waals surface area contributed by atoms with Gasteiger partial charge in [0, 0.05) is 34.5 Å². The number of hydrogen-bond acceptors (Lipinski definition) is 8. The SMILES string of the molecule is CCOC(=O)c1cnc(N)c2c(COc3ccc(C(=O)Nc4cccc([S+](C)[O-])c4)cc3C)csc12. The average Bonchev–Trinajstić information content (AvgIpc) is 3.28. The van der Waals surface area contributed by atoms with Crippen LogP contribution in [0, 0.1) is 6.92 Å². The number of fused-ring (bicyclic) bond motifs is 1. The van der Waals surface area contributed by atoms with Crippen molar-refractivity contribution >= 4 is 56.0 Å². The number of aryl methyl sites for hydroxylation is 1. The van der Waals surface area contributed by atoms with Gasteiger partial charge in [-0.05, 0) is 66.3 Å². The van der Waals surface area contributed by atoms with E-state index in [0.29, 0.717) is 43.4 Å². The maximum Gasteiger partial charge on any atom is 0.341 e. The zero-order chi connectivity index (χ0) is 25.8. The second kappa shape index (κ2) is 11.0. The molecule has 0 spiro atoms. The van der Waals surface area contributed by atoms with Gasteiger partial charge >= 0.3 is 5.97 Å². The van der Waals surface area contributed by atoms with Crippen LogP contribution in [0.3, 0.4) is 0 Å². The lowest BCUT2D eigenvalue weighted by atomic mass is 10.1. The van der Waals surface area contributed by atoms with E-state index in [1.54, 1.807) is 55.6 Å². The van der Waals surface area contributed by atoms with E-state index < -0.39 is 17.1 Å². The van der Waals surface area contributed by atoms with Crippen LogP contribution in [0.2, 0.25) is 0 Å². The molecule has 0 bridgehead atoms. The number of carbonyl (C=O) groups excluding carboxylic acids is 2. The Kier molecular flexibility index (Phi) is 7.78. The third kappa shape index (κ3) is 5.46. The summed E-state index contributed by atoms with van der Waals surface area (Å²) in [6.45, 7) is 4.09. The first-order valence-electron chi connectivity index (χ1n) is 11.1. The minimum Gasteiger partial charge on any atom is -0.612 e. The van der Waals surface area contributed by atoms with Gasteiger partial charge < -0.3 is 25.1 Å². The van der Waals surface area contributed by atoms with Crippen molar-refractivity contribution in [3.8, 4) is 5.75 Å². The first-order valence-corrected chi connectivity index (χ1v) is 13.5. The Morgan fingerprint density at radius 1 is 1.22 bits per heavy atom. The van der Waals surface area contributed by atoms with Crippen molar-refractivity contribution in [2.45, 2.75) is 25.3 Å². The van der Waals surface area contributed by atoms with Crippen LogP contribution in [-0.4, -0.2) is 34.3 Å². The van der Waals surface area contributed by atoms with Gasteiger partial charge in [-0.2, -0.15) is 0 Å². The highest BCUT2D eigenvalue weighted by atomic mass is 32.2. The molecule has 186 valence electrons.